The Morgan fingerprint density at radius 3 is 2.32 bits per heavy atom. The van der Waals surface area contributed by atoms with Crippen LogP contribution in [0, 0.1) is 4.78 Å². The number of hydrogen-bond donors (Lipinski definition) is 2. The molecule has 0 aromatic heterocycles. The lowest BCUT2D eigenvalue weighted by Gasteiger charge is -2.21. The van der Waals surface area contributed by atoms with E-state index in [1.807, 2.05) is 0 Å². The van der Waals surface area contributed by atoms with Crippen molar-refractivity contribution in [2.75, 3.05) is 18.1 Å². The molecule has 0 aliphatic carbocycles. The van der Waals surface area contributed by atoms with Gasteiger partial charge < -0.3 is 10.5 Å². The highest BCUT2D eigenvalue weighted by Crippen LogP contribution is 2.37. The van der Waals surface area contributed by atoms with Gasteiger partial charge in [-0.2, -0.15) is 13.2 Å². The van der Waals surface area contributed by atoms with Crippen LogP contribution in [0.4, 0.5) is 13.2 Å². The van der Waals surface area contributed by atoms with Crippen molar-refractivity contribution in [3.8, 4) is 0 Å². The molecule has 0 fully saturated rings. The molecule has 0 radical (unpaired) electrons. The minimum absolute atomic E-state index is 0.0663. The fourth-order valence-electron chi connectivity index (χ4n) is 2.30. The van der Waals surface area contributed by atoms with Gasteiger partial charge in [-0.15, -0.1) is 0 Å². The van der Waals surface area contributed by atoms with Crippen molar-refractivity contribution in [1.29, 1.82) is 4.78 Å². The van der Waals surface area contributed by atoms with Crippen LogP contribution in [0.3, 0.4) is 0 Å². The molecule has 3 unspecified atom stereocenters. The quantitative estimate of drug-likeness (QED) is 0.644. The number of hydrogen-bond acceptors (Lipinski definition) is 5. The third kappa shape index (κ3) is 7.43. The third-order valence-corrected chi connectivity index (χ3v) is 5.47. The van der Waals surface area contributed by atoms with E-state index in [1.165, 1.54) is 24.3 Å². The number of esters is 1. The molecule has 0 aliphatic rings. The first kappa shape index (κ1) is 21.4. The lowest BCUT2D eigenvalue weighted by atomic mass is 9.96. The van der Waals surface area contributed by atoms with E-state index in [-0.39, 0.29) is 24.3 Å². The summed E-state index contributed by atoms with van der Waals surface area (Å²) in [6.07, 6.45) is -5.01. The van der Waals surface area contributed by atoms with E-state index in [2.05, 4.69) is 0 Å². The number of rotatable bonds is 9. The molecule has 0 saturated heterocycles. The highest BCUT2D eigenvalue weighted by molar-refractivity contribution is 7.92. The van der Waals surface area contributed by atoms with Gasteiger partial charge in [-0.1, -0.05) is 30.3 Å². The van der Waals surface area contributed by atoms with Crippen LogP contribution in [0.15, 0.2) is 30.3 Å². The highest BCUT2D eigenvalue weighted by Gasteiger charge is 2.40. The second-order valence-electron chi connectivity index (χ2n) is 5.66. The van der Waals surface area contributed by atoms with Gasteiger partial charge in [-0.05, 0) is 25.3 Å². The summed E-state index contributed by atoms with van der Waals surface area (Å²) in [6, 6.07) is 6.32. The Bertz CT molecular complexity index is 648. The molecule has 9 heteroatoms. The minimum atomic E-state index is -4.49. The average molecular weight is 380 g/mol. The number of carbonyl (C=O) groups is 1. The van der Waals surface area contributed by atoms with Gasteiger partial charge in [0.15, 0.2) is 0 Å². The van der Waals surface area contributed by atoms with Crippen LogP contribution in [0.1, 0.15) is 31.2 Å². The van der Waals surface area contributed by atoms with Gasteiger partial charge in [0, 0.05) is 21.2 Å². The maximum absolute atomic E-state index is 13.3. The number of benzene rings is 1. The Kier molecular flexibility index (Phi) is 7.88. The monoisotopic (exact) mass is 380 g/mol. The van der Waals surface area contributed by atoms with Crippen LogP contribution in [-0.4, -0.2) is 40.5 Å². The standard InChI is InChI=1S/C16H23F3N2O3S/c1-2-24-15(22)14(20)9-11-25(21,23)10-8-13(16(17,18)19)12-6-4-3-5-7-12/h3-7,13-14,21H,2,8-11,20H2,1H3. The summed E-state index contributed by atoms with van der Waals surface area (Å²) in [5.41, 5.74) is 5.64. The molecule has 5 nitrogen and oxygen atoms in total. The molecule has 0 aliphatic heterocycles. The van der Waals surface area contributed by atoms with Gasteiger partial charge in [-0.25, -0.2) is 4.21 Å². The molecule has 0 amide bonds. The van der Waals surface area contributed by atoms with E-state index >= 15 is 0 Å². The van der Waals surface area contributed by atoms with E-state index in [0.29, 0.717) is 0 Å². The molecular weight excluding hydrogens is 357 g/mol. The van der Waals surface area contributed by atoms with Crippen LogP contribution >= 0.6 is 0 Å². The number of nitrogens with one attached hydrogen (secondary N) is 1. The van der Waals surface area contributed by atoms with Crippen LogP contribution < -0.4 is 5.73 Å². The zero-order valence-corrected chi connectivity index (χ0v) is 14.7. The Morgan fingerprint density at radius 1 is 1.24 bits per heavy atom. The summed E-state index contributed by atoms with van der Waals surface area (Å²) in [5, 5.41) is 0. The molecule has 25 heavy (non-hydrogen) atoms. The van der Waals surface area contributed by atoms with E-state index in [4.69, 9.17) is 15.3 Å². The van der Waals surface area contributed by atoms with Crippen molar-refractivity contribution in [3.63, 3.8) is 0 Å². The largest absolute Gasteiger partial charge is 0.465 e. The first-order chi connectivity index (χ1) is 11.6. The van der Waals surface area contributed by atoms with Gasteiger partial charge in [0.2, 0.25) is 0 Å². The molecule has 1 aromatic carbocycles. The van der Waals surface area contributed by atoms with Crippen LogP contribution in [0.5, 0.6) is 0 Å². The number of alkyl halides is 3. The second kappa shape index (κ2) is 9.19. The molecule has 0 saturated carbocycles. The van der Waals surface area contributed by atoms with Gasteiger partial charge >= 0.3 is 12.1 Å². The molecule has 0 bridgehead atoms. The zero-order valence-electron chi connectivity index (χ0n) is 13.9. The topological polar surface area (TPSA) is 93.2 Å². The van der Waals surface area contributed by atoms with Gasteiger partial charge in [0.25, 0.3) is 0 Å². The Morgan fingerprint density at radius 2 is 1.80 bits per heavy atom. The fourth-order valence-corrected chi connectivity index (χ4v) is 3.75. The lowest BCUT2D eigenvalue weighted by molar-refractivity contribution is -0.150. The molecule has 3 N–H and O–H groups in total. The number of halogens is 3. The summed E-state index contributed by atoms with van der Waals surface area (Å²) < 4.78 is 64.5. The Hall–Kier alpha value is -1.61. The fraction of sp³-hybridized carbons (Fsp3) is 0.562. The first-order valence-corrected chi connectivity index (χ1v) is 9.74. The predicted octanol–water partition coefficient (Wildman–Crippen LogP) is 3.05. The summed E-state index contributed by atoms with van der Waals surface area (Å²) in [4.78, 5) is 11.4. The smallest absolute Gasteiger partial charge is 0.395 e. The molecule has 1 aromatic rings. The van der Waals surface area contributed by atoms with Gasteiger partial charge in [0.05, 0.1) is 12.5 Å². The van der Waals surface area contributed by atoms with Crippen LogP contribution in [-0.2, 0) is 19.3 Å². The molecule has 3 atom stereocenters. The highest BCUT2D eigenvalue weighted by atomic mass is 32.2. The Labute approximate surface area is 145 Å². The number of carbonyl (C=O) groups excluding carboxylic acids is 1. The van der Waals surface area contributed by atoms with Crippen molar-refractivity contribution in [1.82, 2.24) is 0 Å². The summed E-state index contributed by atoms with van der Waals surface area (Å²) in [7, 11) is -3.28. The SMILES string of the molecule is CCOC(=O)C(N)CCS(=N)(=O)CCC(c1ccccc1)C(F)(F)F. The number of nitrogens with two attached hydrogens (primary N) is 1. The van der Waals surface area contributed by atoms with Crippen molar-refractivity contribution in [2.45, 2.75) is 37.9 Å². The maximum Gasteiger partial charge on any atom is 0.395 e. The Balaban J connectivity index is 2.67. The molecule has 142 valence electrons. The average Bonchev–Trinajstić information content (AvgIpc) is 2.52. The van der Waals surface area contributed by atoms with E-state index in [9.17, 15) is 22.2 Å². The second-order valence-corrected chi connectivity index (χ2v) is 8.10. The van der Waals surface area contributed by atoms with E-state index in [0.717, 1.165) is 0 Å². The van der Waals surface area contributed by atoms with Crippen LogP contribution in [0.2, 0.25) is 0 Å². The van der Waals surface area contributed by atoms with Crippen molar-refractivity contribution >= 4 is 15.7 Å². The van der Waals surface area contributed by atoms with Crippen LogP contribution in [0.25, 0.3) is 0 Å². The predicted molar refractivity (Wildman–Crippen MR) is 89.7 cm³/mol. The molecule has 0 heterocycles. The first-order valence-electron chi connectivity index (χ1n) is 7.85. The maximum atomic E-state index is 13.3. The normalized spacial score (nSPS) is 16.7. The van der Waals surface area contributed by atoms with Gasteiger partial charge in [-0.3, -0.25) is 9.57 Å². The molecular formula is C16H23F3N2O3S. The number of ether oxygens (including phenoxy) is 1. The van der Waals surface area contributed by atoms with Crippen molar-refractivity contribution < 1.29 is 26.9 Å². The summed E-state index contributed by atoms with van der Waals surface area (Å²) >= 11 is 0. The zero-order chi connectivity index (χ0) is 19.1. The molecule has 1 rings (SSSR count). The third-order valence-electron chi connectivity index (χ3n) is 3.68. The summed E-state index contributed by atoms with van der Waals surface area (Å²) in [6.45, 7) is 1.76. The molecule has 0 spiro atoms. The lowest BCUT2D eigenvalue weighted by Crippen LogP contribution is -2.34. The summed E-state index contributed by atoms with van der Waals surface area (Å²) in [5.74, 6) is -3.11. The van der Waals surface area contributed by atoms with Gasteiger partial charge in [0.1, 0.15) is 6.04 Å². The minimum Gasteiger partial charge on any atom is -0.465 e. The van der Waals surface area contributed by atoms with E-state index < -0.39 is 46.0 Å². The van der Waals surface area contributed by atoms with Crippen molar-refractivity contribution in [3.05, 3.63) is 35.9 Å². The van der Waals surface area contributed by atoms with E-state index in [1.54, 1.807) is 13.0 Å². The van der Waals surface area contributed by atoms with Crippen molar-refractivity contribution in [2.24, 2.45) is 5.73 Å².